The predicted molar refractivity (Wildman–Crippen MR) is 79.8 cm³/mol. The fourth-order valence-corrected chi connectivity index (χ4v) is 2.74. The topological polar surface area (TPSA) is 41.5 Å². The maximum Gasteiger partial charge on any atom is 0.232 e. The van der Waals surface area contributed by atoms with Crippen LogP contribution < -0.4 is 9.64 Å². The van der Waals surface area contributed by atoms with Crippen LogP contribution in [0.5, 0.6) is 5.88 Å². The Balaban J connectivity index is 1.97. The van der Waals surface area contributed by atoms with Gasteiger partial charge in [0.15, 0.2) is 0 Å². The average molecular weight is 329 g/mol. The Labute approximate surface area is 123 Å². The number of nitrogens with zero attached hydrogens (tertiary/aromatic N) is 4. The molecular weight excluding hydrogens is 308 g/mol. The predicted octanol–water partition coefficient (Wildman–Crippen LogP) is 2.03. The average Bonchev–Trinajstić information content (AvgIpc) is 2.42. The zero-order chi connectivity index (χ0) is 13.8. The van der Waals surface area contributed by atoms with E-state index >= 15 is 0 Å². The van der Waals surface area contributed by atoms with Crippen molar-refractivity contribution in [1.82, 2.24) is 14.9 Å². The van der Waals surface area contributed by atoms with Gasteiger partial charge < -0.3 is 14.5 Å². The highest BCUT2D eigenvalue weighted by Crippen LogP contribution is 2.24. The highest BCUT2D eigenvalue weighted by atomic mass is 79.9. The molecule has 19 heavy (non-hydrogen) atoms. The van der Waals surface area contributed by atoms with Crippen molar-refractivity contribution in [2.45, 2.75) is 12.8 Å². The van der Waals surface area contributed by atoms with E-state index in [1.54, 1.807) is 13.3 Å². The van der Waals surface area contributed by atoms with E-state index in [1.165, 1.54) is 25.9 Å². The number of rotatable bonds is 4. The summed E-state index contributed by atoms with van der Waals surface area (Å²) in [5, 5.41) is 0. The second-order valence-corrected chi connectivity index (χ2v) is 6.01. The van der Waals surface area contributed by atoms with E-state index < -0.39 is 0 Å². The Hall–Kier alpha value is -0.880. The Morgan fingerprint density at radius 2 is 2.16 bits per heavy atom. The summed E-state index contributed by atoms with van der Waals surface area (Å²) in [4.78, 5) is 13.3. The Morgan fingerprint density at radius 3 is 2.79 bits per heavy atom. The first-order valence-electron chi connectivity index (χ1n) is 6.56. The van der Waals surface area contributed by atoms with E-state index in [9.17, 15) is 0 Å². The molecule has 1 aliphatic rings. The largest absolute Gasteiger partial charge is 0.480 e. The van der Waals surface area contributed by atoms with Crippen molar-refractivity contribution in [2.75, 3.05) is 45.7 Å². The van der Waals surface area contributed by atoms with Gasteiger partial charge in [0.05, 0.1) is 17.8 Å². The first kappa shape index (κ1) is 14.5. The van der Waals surface area contributed by atoms with Crippen LogP contribution in [0.4, 0.5) is 5.95 Å². The van der Waals surface area contributed by atoms with Gasteiger partial charge in [0.1, 0.15) is 0 Å². The monoisotopic (exact) mass is 328 g/mol. The SMILES string of the molecule is COc1nc(N(C)CC2CCN(C)CC2)ncc1Br. The summed E-state index contributed by atoms with van der Waals surface area (Å²) in [5.41, 5.74) is 0. The maximum atomic E-state index is 5.21. The molecule has 0 spiro atoms. The number of piperidine rings is 1. The molecule has 1 aromatic heterocycles. The smallest absolute Gasteiger partial charge is 0.232 e. The van der Waals surface area contributed by atoms with Gasteiger partial charge in [-0.25, -0.2) is 4.98 Å². The van der Waals surface area contributed by atoms with Crippen LogP contribution in [0.2, 0.25) is 0 Å². The highest BCUT2D eigenvalue weighted by Gasteiger charge is 2.19. The molecule has 0 aliphatic carbocycles. The van der Waals surface area contributed by atoms with Crippen molar-refractivity contribution in [1.29, 1.82) is 0 Å². The maximum absolute atomic E-state index is 5.21. The fourth-order valence-electron chi connectivity index (χ4n) is 2.38. The Morgan fingerprint density at radius 1 is 1.47 bits per heavy atom. The number of ether oxygens (including phenoxy) is 1. The lowest BCUT2D eigenvalue weighted by atomic mass is 9.97. The molecule has 0 N–H and O–H groups in total. The van der Waals surface area contributed by atoms with Crippen LogP contribution >= 0.6 is 15.9 Å². The molecule has 5 nitrogen and oxygen atoms in total. The van der Waals surface area contributed by atoms with Crippen molar-refractivity contribution >= 4 is 21.9 Å². The summed E-state index contributed by atoms with van der Waals surface area (Å²) in [6.45, 7) is 3.37. The molecule has 106 valence electrons. The molecule has 2 rings (SSSR count). The highest BCUT2D eigenvalue weighted by molar-refractivity contribution is 9.10. The standard InChI is InChI=1S/C13H21BrN4O/c1-17-6-4-10(5-7-17)9-18(2)13-15-8-11(14)12(16-13)19-3/h8,10H,4-7,9H2,1-3H3. The van der Waals surface area contributed by atoms with Gasteiger partial charge in [-0.15, -0.1) is 0 Å². The van der Waals surface area contributed by atoms with Crippen LogP contribution in [0.1, 0.15) is 12.8 Å². The zero-order valence-corrected chi connectivity index (χ0v) is 13.4. The van der Waals surface area contributed by atoms with Gasteiger partial charge >= 0.3 is 0 Å². The van der Waals surface area contributed by atoms with E-state index in [1.807, 2.05) is 7.05 Å². The molecule has 1 fully saturated rings. The van der Waals surface area contributed by atoms with Gasteiger partial charge in [0.2, 0.25) is 11.8 Å². The molecule has 0 saturated carbocycles. The molecule has 0 aromatic carbocycles. The molecule has 1 saturated heterocycles. The lowest BCUT2D eigenvalue weighted by Gasteiger charge is -2.31. The number of halogens is 1. The molecule has 0 radical (unpaired) electrons. The first-order chi connectivity index (χ1) is 9.10. The number of hydrogen-bond donors (Lipinski definition) is 0. The van der Waals surface area contributed by atoms with E-state index in [0.29, 0.717) is 5.88 Å². The van der Waals surface area contributed by atoms with Gasteiger partial charge in [-0.05, 0) is 54.8 Å². The van der Waals surface area contributed by atoms with Crippen LogP contribution in [-0.2, 0) is 0 Å². The summed E-state index contributed by atoms with van der Waals surface area (Å²) in [7, 11) is 5.84. The number of anilines is 1. The van der Waals surface area contributed by atoms with E-state index in [4.69, 9.17) is 4.74 Å². The molecule has 2 heterocycles. The minimum absolute atomic E-state index is 0.584. The third kappa shape index (κ3) is 3.79. The van der Waals surface area contributed by atoms with Crippen molar-refractivity contribution < 1.29 is 4.74 Å². The van der Waals surface area contributed by atoms with E-state index in [0.717, 1.165) is 22.9 Å². The zero-order valence-electron chi connectivity index (χ0n) is 11.8. The summed E-state index contributed by atoms with van der Waals surface area (Å²) in [6.07, 6.45) is 4.23. The number of methoxy groups -OCH3 is 1. The fraction of sp³-hybridized carbons (Fsp3) is 0.692. The number of aromatic nitrogens is 2. The third-order valence-electron chi connectivity index (χ3n) is 3.60. The van der Waals surface area contributed by atoms with Crippen LogP contribution in [0.25, 0.3) is 0 Å². The van der Waals surface area contributed by atoms with Crippen LogP contribution in [-0.4, -0.2) is 55.7 Å². The number of hydrogen-bond acceptors (Lipinski definition) is 5. The Bertz CT molecular complexity index is 421. The molecule has 1 aliphatic heterocycles. The van der Waals surface area contributed by atoms with Gasteiger partial charge in [-0.1, -0.05) is 0 Å². The van der Waals surface area contributed by atoms with Gasteiger partial charge in [0.25, 0.3) is 0 Å². The lowest BCUT2D eigenvalue weighted by molar-refractivity contribution is 0.222. The summed E-state index contributed by atoms with van der Waals surface area (Å²) >= 11 is 3.37. The van der Waals surface area contributed by atoms with Crippen molar-refractivity contribution in [3.05, 3.63) is 10.7 Å². The lowest BCUT2D eigenvalue weighted by Crippen LogP contribution is -2.36. The van der Waals surface area contributed by atoms with Gasteiger partial charge in [-0.2, -0.15) is 4.98 Å². The molecular formula is C13H21BrN4O. The van der Waals surface area contributed by atoms with E-state index in [2.05, 4.69) is 42.7 Å². The second kappa shape index (κ2) is 6.52. The van der Waals surface area contributed by atoms with Crippen molar-refractivity contribution in [2.24, 2.45) is 5.92 Å². The van der Waals surface area contributed by atoms with Gasteiger partial charge in [0, 0.05) is 13.6 Å². The minimum Gasteiger partial charge on any atom is -0.480 e. The summed E-state index contributed by atoms with van der Waals surface area (Å²) in [6, 6.07) is 0. The minimum atomic E-state index is 0.584. The van der Waals surface area contributed by atoms with Crippen molar-refractivity contribution in [3.8, 4) is 5.88 Å². The first-order valence-corrected chi connectivity index (χ1v) is 7.35. The second-order valence-electron chi connectivity index (χ2n) is 5.15. The molecule has 0 unspecified atom stereocenters. The molecule has 0 amide bonds. The van der Waals surface area contributed by atoms with Crippen LogP contribution in [0, 0.1) is 5.92 Å². The van der Waals surface area contributed by atoms with Crippen LogP contribution in [0.3, 0.4) is 0 Å². The molecule has 1 aromatic rings. The van der Waals surface area contributed by atoms with E-state index in [-0.39, 0.29) is 0 Å². The summed E-state index contributed by atoms with van der Waals surface area (Å²) in [5.74, 6) is 2.03. The normalized spacial score (nSPS) is 17.5. The van der Waals surface area contributed by atoms with Gasteiger partial charge in [-0.3, -0.25) is 0 Å². The molecule has 0 bridgehead atoms. The molecule has 6 heteroatoms. The van der Waals surface area contributed by atoms with Crippen molar-refractivity contribution in [3.63, 3.8) is 0 Å². The Kier molecular flexibility index (Phi) is 4.99. The quantitative estimate of drug-likeness (QED) is 0.845. The number of likely N-dealkylation sites (tertiary alicyclic amines) is 1. The molecule has 0 atom stereocenters. The summed E-state index contributed by atoms with van der Waals surface area (Å²) < 4.78 is 5.99. The third-order valence-corrected chi connectivity index (χ3v) is 4.15. The van der Waals surface area contributed by atoms with Crippen LogP contribution in [0.15, 0.2) is 10.7 Å².